The maximum absolute atomic E-state index is 10.9. The SMILES string of the molecule is COc1ccc(COc2ccnc(N3CCC(C)(COC(N)=O)CC3)n2)cc1. The van der Waals surface area contributed by atoms with E-state index in [0.717, 1.165) is 37.2 Å². The molecular formula is C20H26N4O4. The largest absolute Gasteiger partial charge is 0.497 e. The monoisotopic (exact) mass is 386 g/mol. The quantitative estimate of drug-likeness (QED) is 0.781. The molecule has 3 rings (SSSR count). The van der Waals surface area contributed by atoms with Gasteiger partial charge in [0.2, 0.25) is 11.8 Å². The van der Waals surface area contributed by atoms with E-state index in [1.165, 1.54) is 0 Å². The van der Waals surface area contributed by atoms with E-state index in [0.29, 0.717) is 25.0 Å². The van der Waals surface area contributed by atoms with Crippen LogP contribution >= 0.6 is 0 Å². The summed E-state index contributed by atoms with van der Waals surface area (Å²) in [6.45, 7) is 4.41. The fourth-order valence-electron chi connectivity index (χ4n) is 3.08. The number of nitrogens with two attached hydrogens (primary N) is 1. The normalized spacial score (nSPS) is 15.7. The van der Waals surface area contributed by atoms with Crippen LogP contribution in [-0.4, -0.2) is 42.9 Å². The zero-order chi connectivity index (χ0) is 20.0. The fourth-order valence-corrected chi connectivity index (χ4v) is 3.08. The van der Waals surface area contributed by atoms with Crippen LogP contribution in [0.15, 0.2) is 36.5 Å². The van der Waals surface area contributed by atoms with Gasteiger partial charge in [0.1, 0.15) is 12.4 Å². The van der Waals surface area contributed by atoms with Gasteiger partial charge in [-0.1, -0.05) is 19.1 Å². The van der Waals surface area contributed by atoms with Crippen LogP contribution in [0.4, 0.5) is 10.7 Å². The molecule has 0 bridgehead atoms. The first-order valence-corrected chi connectivity index (χ1v) is 9.23. The van der Waals surface area contributed by atoms with Crippen LogP contribution in [0.3, 0.4) is 0 Å². The fraction of sp³-hybridized carbons (Fsp3) is 0.450. The molecule has 28 heavy (non-hydrogen) atoms. The Labute approximate surface area is 164 Å². The van der Waals surface area contributed by atoms with Crippen LogP contribution in [-0.2, 0) is 11.3 Å². The maximum atomic E-state index is 10.9. The van der Waals surface area contributed by atoms with Crippen LogP contribution in [0.1, 0.15) is 25.3 Å². The van der Waals surface area contributed by atoms with Crippen LogP contribution in [0, 0.1) is 5.41 Å². The van der Waals surface area contributed by atoms with Crippen molar-refractivity contribution in [3.05, 3.63) is 42.1 Å². The second-order valence-corrected chi connectivity index (χ2v) is 7.24. The highest BCUT2D eigenvalue weighted by Crippen LogP contribution is 2.32. The molecule has 0 atom stereocenters. The Hall–Kier alpha value is -3.03. The number of anilines is 1. The maximum Gasteiger partial charge on any atom is 0.404 e. The highest BCUT2D eigenvalue weighted by Gasteiger charge is 2.32. The number of hydrogen-bond donors (Lipinski definition) is 1. The van der Waals surface area contributed by atoms with Gasteiger partial charge in [0.05, 0.1) is 13.7 Å². The number of carbonyl (C=O) groups is 1. The summed E-state index contributed by atoms with van der Waals surface area (Å²) in [6, 6.07) is 9.47. The van der Waals surface area contributed by atoms with Gasteiger partial charge in [0, 0.05) is 30.8 Å². The summed E-state index contributed by atoms with van der Waals surface area (Å²) in [4.78, 5) is 21.9. The molecule has 0 saturated carbocycles. The summed E-state index contributed by atoms with van der Waals surface area (Å²) in [5, 5.41) is 0. The number of benzene rings is 1. The molecule has 0 aliphatic carbocycles. The summed E-state index contributed by atoms with van der Waals surface area (Å²) in [5.41, 5.74) is 6.03. The standard InChI is InChI=1S/C20H26N4O4/c1-20(14-28-18(21)25)8-11-24(12-9-20)19-22-10-7-17(23-19)27-13-15-3-5-16(26-2)6-4-15/h3-7,10H,8-9,11-14H2,1-2H3,(H2,21,25). The molecule has 0 spiro atoms. The van der Waals surface area contributed by atoms with Gasteiger partial charge in [-0.25, -0.2) is 9.78 Å². The smallest absolute Gasteiger partial charge is 0.404 e. The number of aromatic nitrogens is 2. The van der Waals surface area contributed by atoms with Crippen molar-refractivity contribution in [2.24, 2.45) is 11.1 Å². The highest BCUT2D eigenvalue weighted by atomic mass is 16.5. The van der Waals surface area contributed by atoms with E-state index in [1.54, 1.807) is 19.4 Å². The number of hydrogen-bond acceptors (Lipinski definition) is 7. The van der Waals surface area contributed by atoms with E-state index in [4.69, 9.17) is 19.9 Å². The number of ether oxygens (including phenoxy) is 3. The Morgan fingerprint density at radius 2 is 1.93 bits per heavy atom. The van der Waals surface area contributed by atoms with Gasteiger partial charge < -0.3 is 24.8 Å². The lowest BCUT2D eigenvalue weighted by molar-refractivity contribution is 0.0817. The third-order valence-corrected chi connectivity index (χ3v) is 4.98. The molecule has 2 N–H and O–H groups in total. The lowest BCUT2D eigenvalue weighted by atomic mass is 9.81. The van der Waals surface area contributed by atoms with Crippen molar-refractivity contribution in [1.82, 2.24) is 9.97 Å². The Morgan fingerprint density at radius 1 is 1.21 bits per heavy atom. The van der Waals surface area contributed by atoms with Gasteiger partial charge in [0.25, 0.3) is 0 Å². The molecule has 1 saturated heterocycles. The summed E-state index contributed by atoms with van der Waals surface area (Å²) < 4.78 is 16.0. The third-order valence-electron chi connectivity index (χ3n) is 4.98. The van der Waals surface area contributed by atoms with Crippen molar-refractivity contribution in [3.8, 4) is 11.6 Å². The van der Waals surface area contributed by atoms with Crippen LogP contribution in [0.25, 0.3) is 0 Å². The minimum atomic E-state index is -0.728. The minimum Gasteiger partial charge on any atom is -0.497 e. The molecule has 2 heterocycles. The lowest BCUT2D eigenvalue weighted by Gasteiger charge is -2.38. The number of nitrogens with zero attached hydrogens (tertiary/aromatic N) is 3. The number of rotatable bonds is 7. The lowest BCUT2D eigenvalue weighted by Crippen LogP contribution is -2.42. The van der Waals surface area contributed by atoms with E-state index in [9.17, 15) is 4.79 Å². The molecule has 2 aromatic rings. The van der Waals surface area contributed by atoms with E-state index in [2.05, 4.69) is 21.8 Å². The summed E-state index contributed by atoms with van der Waals surface area (Å²) in [5.74, 6) is 1.99. The third kappa shape index (κ3) is 5.25. The zero-order valence-corrected chi connectivity index (χ0v) is 16.3. The first kappa shape index (κ1) is 19.7. The van der Waals surface area contributed by atoms with E-state index in [1.807, 2.05) is 24.3 Å². The summed E-state index contributed by atoms with van der Waals surface area (Å²) in [7, 11) is 1.64. The van der Waals surface area contributed by atoms with Crippen LogP contribution in [0.5, 0.6) is 11.6 Å². The first-order valence-electron chi connectivity index (χ1n) is 9.23. The second kappa shape index (κ2) is 8.77. The molecule has 1 amide bonds. The molecule has 1 aliphatic rings. The van der Waals surface area contributed by atoms with Crippen molar-refractivity contribution in [3.63, 3.8) is 0 Å². The van der Waals surface area contributed by atoms with Gasteiger partial charge in [-0.2, -0.15) is 4.98 Å². The van der Waals surface area contributed by atoms with Gasteiger partial charge in [-0.3, -0.25) is 0 Å². The molecule has 1 aromatic carbocycles. The van der Waals surface area contributed by atoms with Crippen molar-refractivity contribution in [1.29, 1.82) is 0 Å². The Kier molecular flexibility index (Phi) is 6.18. The van der Waals surface area contributed by atoms with Crippen LogP contribution in [0.2, 0.25) is 0 Å². The van der Waals surface area contributed by atoms with Crippen molar-refractivity contribution in [2.45, 2.75) is 26.4 Å². The van der Waals surface area contributed by atoms with Crippen molar-refractivity contribution in [2.75, 3.05) is 31.7 Å². The number of carbonyl (C=O) groups excluding carboxylic acids is 1. The average Bonchev–Trinajstić information content (AvgIpc) is 2.72. The van der Waals surface area contributed by atoms with Crippen molar-refractivity contribution < 1.29 is 19.0 Å². The Bertz CT molecular complexity index is 789. The molecule has 0 unspecified atom stereocenters. The molecule has 0 radical (unpaired) electrons. The molecule has 1 aliphatic heterocycles. The molecule has 8 nitrogen and oxygen atoms in total. The van der Waals surface area contributed by atoms with E-state index in [-0.39, 0.29) is 5.41 Å². The molecule has 8 heteroatoms. The summed E-state index contributed by atoms with van der Waals surface area (Å²) >= 11 is 0. The first-order chi connectivity index (χ1) is 13.5. The van der Waals surface area contributed by atoms with Gasteiger partial charge in [0.15, 0.2) is 0 Å². The topological polar surface area (TPSA) is 99.8 Å². The molecule has 1 aromatic heterocycles. The number of primary amides is 1. The number of piperidine rings is 1. The Morgan fingerprint density at radius 3 is 2.57 bits per heavy atom. The zero-order valence-electron chi connectivity index (χ0n) is 16.3. The summed E-state index contributed by atoms with van der Waals surface area (Å²) in [6.07, 6.45) is 2.70. The van der Waals surface area contributed by atoms with Gasteiger partial charge >= 0.3 is 6.09 Å². The average molecular weight is 386 g/mol. The molecular weight excluding hydrogens is 360 g/mol. The Balaban J connectivity index is 1.55. The van der Waals surface area contributed by atoms with Gasteiger partial charge in [-0.05, 0) is 30.5 Å². The second-order valence-electron chi connectivity index (χ2n) is 7.24. The van der Waals surface area contributed by atoms with Gasteiger partial charge in [-0.15, -0.1) is 0 Å². The predicted octanol–water partition coefficient (Wildman–Crippen LogP) is 2.77. The number of methoxy groups -OCH3 is 1. The highest BCUT2D eigenvalue weighted by molar-refractivity contribution is 5.64. The van der Waals surface area contributed by atoms with E-state index >= 15 is 0 Å². The minimum absolute atomic E-state index is 0.0754. The molecule has 150 valence electrons. The molecule has 1 fully saturated rings. The van der Waals surface area contributed by atoms with Crippen molar-refractivity contribution >= 4 is 12.0 Å². The predicted molar refractivity (Wildman–Crippen MR) is 104 cm³/mol. The van der Waals surface area contributed by atoms with Crippen LogP contribution < -0.4 is 20.1 Å². The van der Waals surface area contributed by atoms with E-state index < -0.39 is 6.09 Å². The number of amides is 1.